The minimum atomic E-state index is -0.856. The molecule has 0 radical (unpaired) electrons. The third-order valence-corrected chi connectivity index (χ3v) is 2.69. The van der Waals surface area contributed by atoms with Crippen LogP contribution >= 0.6 is 0 Å². The fourth-order valence-electron chi connectivity index (χ4n) is 1.63. The van der Waals surface area contributed by atoms with Crippen molar-refractivity contribution >= 4 is 6.03 Å². The van der Waals surface area contributed by atoms with Gasteiger partial charge in [0.15, 0.2) is 6.29 Å². The molecule has 1 saturated heterocycles. The van der Waals surface area contributed by atoms with E-state index in [0.29, 0.717) is 11.4 Å². The van der Waals surface area contributed by atoms with E-state index in [2.05, 4.69) is 10.6 Å². The summed E-state index contributed by atoms with van der Waals surface area (Å²) in [6.45, 7) is 1.68. The van der Waals surface area contributed by atoms with Crippen LogP contribution in [0.3, 0.4) is 0 Å². The Kier molecular flexibility index (Phi) is 4.79. The number of hydrogen-bond donors (Lipinski definition) is 2. The van der Waals surface area contributed by atoms with Crippen LogP contribution in [0.2, 0.25) is 0 Å². The van der Waals surface area contributed by atoms with Crippen molar-refractivity contribution in [1.29, 1.82) is 0 Å². The van der Waals surface area contributed by atoms with Gasteiger partial charge in [0.2, 0.25) is 0 Å². The predicted molar refractivity (Wildman–Crippen MR) is 57.8 cm³/mol. The Bertz CT molecular complexity index is 288. The molecule has 0 saturated carbocycles. The van der Waals surface area contributed by atoms with Crippen molar-refractivity contribution in [1.82, 2.24) is 10.3 Å². The van der Waals surface area contributed by atoms with Crippen LogP contribution in [0.25, 0.3) is 0 Å². The lowest BCUT2D eigenvalue weighted by atomic mass is 10.00. The summed E-state index contributed by atoms with van der Waals surface area (Å²) in [4.78, 5) is 21.6. The monoisotopic (exact) mass is 247 g/mol. The van der Waals surface area contributed by atoms with Gasteiger partial charge in [-0.3, -0.25) is 0 Å². The Morgan fingerprint density at radius 3 is 2.82 bits per heavy atom. The van der Waals surface area contributed by atoms with E-state index in [0.717, 1.165) is 0 Å². The third-order valence-electron chi connectivity index (χ3n) is 2.69. The minimum Gasteiger partial charge on any atom is -0.388 e. The Balaban J connectivity index is 2.61. The van der Waals surface area contributed by atoms with Crippen LogP contribution < -0.4 is 5.32 Å². The Hall–Kier alpha value is -1.25. The lowest BCUT2D eigenvalue weighted by molar-refractivity contribution is -0.213. The summed E-state index contributed by atoms with van der Waals surface area (Å²) in [6.07, 6.45) is -1.51. The van der Waals surface area contributed by atoms with Gasteiger partial charge in [0.1, 0.15) is 6.10 Å². The molecule has 0 spiro atoms. The molecule has 0 aromatic heterocycles. The Morgan fingerprint density at radius 1 is 1.65 bits per heavy atom. The van der Waals surface area contributed by atoms with E-state index in [-0.39, 0.29) is 0 Å². The van der Waals surface area contributed by atoms with Crippen LogP contribution in [0.4, 0.5) is 4.79 Å². The zero-order chi connectivity index (χ0) is 13.0. The van der Waals surface area contributed by atoms with Gasteiger partial charge < -0.3 is 19.9 Å². The van der Waals surface area contributed by atoms with E-state index in [4.69, 9.17) is 9.47 Å². The second kappa shape index (κ2) is 5.89. The van der Waals surface area contributed by atoms with Crippen LogP contribution in [0.5, 0.6) is 0 Å². The number of urea groups is 1. The summed E-state index contributed by atoms with van der Waals surface area (Å²) in [5.74, 6) is 0. The van der Waals surface area contributed by atoms with Gasteiger partial charge in [0.05, 0.1) is 17.4 Å². The summed E-state index contributed by atoms with van der Waals surface area (Å²) in [5, 5.41) is 15.4. The number of nitrogens with zero attached hydrogens (tertiary/aromatic N) is 2. The molecule has 98 valence electrons. The molecule has 1 aliphatic heterocycles. The average molecular weight is 247 g/mol. The predicted octanol–water partition coefficient (Wildman–Crippen LogP) is -0.180. The Morgan fingerprint density at radius 2 is 2.29 bits per heavy atom. The molecule has 0 aromatic carbocycles. The minimum absolute atomic E-state index is 0.306. The van der Waals surface area contributed by atoms with Gasteiger partial charge in [-0.05, 0) is 6.92 Å². The maximum atomic E-state index is 11.4. The molecular weight excluding hydrogens is 230 g/mol. The number of amides is 2. The molecule has 0 bridgehead atoms. The molecule has 8 heteroatoms. The van der Waals surface area contributed by atoms with Gasteiger partial charge in [-0.15, -0.1) is 4.91 Å². The summed E-state index contributed by atoms with van der Waals surface area (Å²) in [5.41, 5.74) is 0. The van der Waals surface area contributed by atoms with Crippen LogP contribution in [0, 0.1) is 4.91 Å². The van der Waals surface area contributed by atoms with Crippen molar-refractivity contribution < 1.29 is 19.4 Å². The molecule has 1 rings (SSSR count). The highest BCUT2D eigenvalue weighted by Gasteiger charge is 2.36. The molecule has 1 heterocycles. The first kappa shape index (κ1) is 13.8. The highest BCUT2D eigenvalue weighted by Crippen LogP contribution is 2.20. The maximum absolute atomic E-state index is 11.4. The topological polar surface area (TPSA) is 100 Å². The van der Waals surface area contributed by atoms with E-state index < -0.39 is 30.6 Å². The summed E-state index contributed by atoms with van der Waals surface area (Å²) >= 11 is 0. The number of ether oxygens (including phenoxy) is 2. The summed E-state index contributed by atoms with van der Waals surface area (Å²) in [7, 11) is 2.71. The number of carbonyl (C=O) groups is 1. The summed E-state index contributed by atoms with van der Waals surface area (Å²) in [6, 6.07) is -1.21. The first-order valence-corrected chi connectivity index (χ1v) is 5.23. The number of methoxy groups -OCH3 is 1. The molecular formula is C9H17N3O5. The highest BCUT2D eigenvalue weighted by atomic mass is 16.7. The fraction of sp³-hybridized carbons (Fsp3) is 0.889. The zero-order valence-electron chi connectivity index (χ0n) is 9.99. The number of rotatable bonds is 3. The average Bonchev–Trinajstić information content (AvgIpc) is 2.33. The molecule has 1 aliphatic rings. The van der Waals surface area contributed by atoms with Crippen molar-refractivity contribution in [3.8, 4) is 0 Å². The lowest BCUT2D eigenvalue weighted by Crippen LogP contribution is -2.56. The molecule has 0 aliphatic carbocycles. The van der Waals surface area contributed by atoms with Crippen molar-refractivity contribution in [2.24, 2.45) is 5.29 Å². The molecule has 1 fully saturated rings. The van der Waals surface area contributed by atoms with Gasteiger partial charge in [-0.2, -0.15) is 5.01 Å². The van der Waals surface area contributed by atoms with Gasteiger partial charge in [-0.1, -0.05) is 0 Å². The highest BCUT2D eigenvalue weighted by molar-refractivity contribution is 5.73. The largest absolute Gasteiger partial charge is 0.388 e. The zero-order valence-corrected chi connectivity index (χ0v) is 9.99. The molecule has 2 N–H and O–H groups in total. The number of aliphatic hydroxyl groups is 1. The summed E-state index contributed by atoms with van der Waals surface area (Å²) < 4.78 is 10.3. The Labute approximate surface area is 98.8 Å². The van der Waals surface area contributed by atoms with E-state index in [1.165, 1.54) is 14.2 Å². The maximum Gasteiger partial charge on any atom is 0.340 e. The first-order chi connectivity index (χ1) is 7.99. The van der Waals surface area contributed by atoms with Gasteiger partial charge in [-0.25, -0.2) is 4.79 Å². The first-order valence-electron chi connectivity index (χ1n) is 5.23. The second-order valence-corrected chi connectivity index (χ2v) is 3.89. The quantitative estimate of drug-likeness (QED) is 0.532. The number of nitroso groups, excluding NO2 is 1. The van der Waals surface area contributed by atoms with Gasteiger partial charge >= 0.3 is 6.03 Å². The fourth-order valence-corrected chi connectivity index (χ4v) is 1.63. The molecule has 8 nitrogen and oxygen atoms in total. The number of carbonyl (C=O) groups excluding carboxylic acids is 1. The number of aliphatic hydroxyl groups excluding tert-OH is 1. The number of hydrogen-bond acceptors (Lipinski definition) is 6. The van der Waals surface area contributed by atoms with Crippen molar-refractivity contribution in [3.63, 3.8) is 0 Å². The van der Waals surface area contributed by atoms with Crippen LogP contribution in [-0.2, 0) is 9.47 Å². The van der Waals surface area contributed by atoms with Crippen molar-refractivity contribution in [3.05, 3.63) is 4.91 Å². The van der Waals surface area contributed by atoms with Crippen molar-refractivity contribution in [2.45, 2.75) is 37.9 Å². The molecule has 0 aromatic rings. The molecule has 4 atom stereocenters. The van der Waals surface area contributed by atoms with Crippen LogP contribution in [0.15, 0.2) is 5.29 Å². The number of nitrogens with one attached hydrogen (secondary N) is 1. The van der Waals surface area contributed by atoms with E-state index in [1.54, 1.807) is 6.92 Å². The standard InChI is InChI=1S/C9H17N3O5/c1-5-8(13)6(4-7(16-3)17-5)10-9(14)12(2)11-15/h5-8,13H,4H2,1-3H3,(H,10,14)/t5-,6-,7+,8+/m0/s1. The van der Waals surface area contributed by atoms with Crippen LogP contribution in [-0.4, -0.2) is 54.8 Å². The van der Waals surface area contributed by atoms with E-state index in [1.807, 2.05) is 0 Å². The van der Waals surface area contributed by atoms with E-state index in [9.17, 15) is 14.8 Å². The SMILES string of the molecule is CO[C@H]1C[C@H](NC(=O)N(C)N=O)[C@H](O)[C@H](C)O1. The van der Waals surface area contributed by atoms with E-state index >= 15 is 0 Å². The normalized spacial score (nSPS) is 32.9. The van der Waals surface area contributed by atoms with Gasteiger partial charge in [0, 0.05) is 20.6 Å². The third kappa shape index (κ3) is 3.35. The van der Waals surface area contributed by atoms with Crippen molar-refractivity contribution in [2.75, 3.05) is 14.2 Å². The smallest absolute Gasteiger partial charge is 0.340 e. The van der Waals surface area contributed by atoms with Crippen LogP contribution in [0.1, 0.15) is 13.3 Å². The second-order valence-electron chi connectivity index (χ2n) is 3.89. The van der Waals surface area contributed by atoms with Gasteiger partial charge in [0.25, 0.3) is 0 Å². The lowest BCUT2D eigenvalue weighted by Gasteiger charge is -2.37. The molecule has 17 heavy (non-hydrogen) atoms. The molecule has 2 amide bonds. The molecule has 0 unspecified atom stereocenters.